The van der Waals surface area contributed by atoms with Crippen molar-refractivity contribution < 1.29 is 0 Å². The zero-order chi connectivity index (χ0) is 13.2. The average molecular weight is 272 g/mol. The van der Waals surface area contributed by atoms with E-state index in [1.54, 1.807) is 33.9 Å². The van der Waals surface area contributed by atoms with Crippen LogP contribution in [0.2, 0.25) is 0 Å². The molecule has 1 N–H and O–H groups in total. The minimum absolute atomic E-state index is 0.557. The number of hydrogen-bond acceptors (Lipinski definition) is 6. The maximum absolute atomic E-state index is 4.53. The molecular formula is C12H12N6S. The molecule has 0 aliphatic rings. The average Bonchev–Trinajstić information content (AvgIpc) is 3.03. The van der Waals surface area contributed by atoms with Crippen LogP contribution in [0.5, 0.6) is 0 Å². The maximum Gasteiger partial charge on any atom is 0.227 e. The second kappa shape index (κ2) is 4.77. The summed E-state index contributed by atoms with van der Waals surface area (Å²) >= 11 is 1.56. The van der Waals surface area contributed by atoms with Gasteiger partial charge in [-0.15, -0.1) is 11.3 Å². The Hall–Kier alpha value is -2.28. The summed E-state index contributed by atoms with van der Waals surface area (Å²) in [6, 6.07) is 0. The van der Waals surface area contributed by atoms with E-state index in [-0.39, 0.29) is 0 Å². The summed E-state index contributed by atoms with van der Waals surface area (Å²) < 4.78 is 1.72. The van der Waals surface area contributed by atoms with Crippen molar-refractivity contribution in [3.05, 3.63) is 35.9 Å². The largest absolute Gasteiger partial charge is 0.321 e. The first-order valence-corrected chi connectivity index (χ1v) is 6.58. The van der Waals surface area contributed by atoms with Crippen molar-refractivity contribution in [2.75, 3.05) is 5.32 Å². The lowest BCUT2D eigenvalue weighted by Crippen LogP contribution is -1.98. The third kappa shape index (κ3) is 2.45. The highest BCUT2D eigenvalue weighted by Gasteiger charge is 2.08. The van der Waals surface area contributed by atoms with E-state index < -0.39 is 0 Å². The van der Waals surface area contributed by atoms with E-state index in [1.807, 2.05) is 26.4 Å². The molecule has 3 aromatic heterocycles. The highest BCUT2D eigenvalue weighted by molar-refractivity contribution is 7.13. The SMILES string of the molecule is Cc1cnc(Nc2cnn(C)c2)nc1-c1cncs1. The molecule has 0 aliphatic carbocycles. The summed E-state index contributed by atoms with van der Waals surface area (Å²) in [5, 5.41) is 7.23. The quantitative estimate of drug-likeness (QED) is 0.792. The molecule has 96 valence electrons. The van der Waals surface area contributed by atoms with E-state index in [0.29, 0.717) is 5.95 Å². The predicted molar refractivity (Wildman–Crippen MR) is 74.4 cm³/mol. The molecule has 7 heteroatoms. The predicted octanol–water partition coefficient (Wildman–Crippen LogP) is 2.39. The number of aryl methyl sites for hydroxylation is 2. The Morgan fingerprint density at radius 2 is 2.16 bits per heavy atom. The molecule has 0 saturated carbocycles. The lowest BCUT2D eigenvalue weighted by molar-refractivity contribution is 0.768. The molecule has 0 radical (unpaired) electrons. The van der Waals surface area contributed by atoms with Gasteiger partial charge in [0.2, 0.25) is 5.95 Å². The molecule has 3 aromatic rings. The van der Waals surface area contributed by atoms with Crippen molar-refractivity contribution in [3.8, 4) is 10.6 Å². The van der Waals surface area contributed by atoms with Crippen molar-refractivity contribution in [2.45, 2.75) is 6.92 Å². The number of nitrogens with zero attached hydrogens (tertiary/aromatic N) is 5. The van der Waals surface area contributed by atoms with Crippen LogP contribution in [0, 0.1) is 6.92 Å². The van der Waals surface area contributed by atoms with Gasteiger partial charge in [0.05, 0.1) is 28.0 Å². The van der Waals surface area contributed by atoms with Gasteiger partial charge in [-0.25, -0.2) is 9.97 Å². The molecule has 0 aromatic carbocycles. The van der Waals surface area contributed by atoms with Gasteiger partial charge in [-0.2, -0.15) is 5.10 Å². The van der Waals surface area contributed by atoms with Crippen molar-refractivity contribution in [1.82, 2.24) is 24.7 Å². The molecule has 0 amide bonds. The summed E-state index contributed by atoms with van der Waals surface area (Å²) in [5.41, 5.74) is 4.59. The molecule has 3 rings (SSSR count). The van der Waals surface area contributed by atoms with E-state index in [2.05, 4.69) is 25.4 Å². The minimum Gasteiger partial charge on any atom is -0.321 e. The fourth-order valence-electron chi connectivity index (χ4n) is 1.70. The number of aromatic nitrogens is 5. The molecule has 0 bridgehead atoms. The van der Waals surface area contributed by atoms with Crippen LogP contribution in [0.3, 0.4) is 0 Å². The molecule has 0 atom stereocenters. The monoisotopic (exact) mass is 272 g/mol. The van der Waals surface area contributed by atoms with Crippen molar-refractivity contribution >= 4 is 23.0 Å². The van der Waals surface area contributed by atoms with Gasteiger partial charge in [-0.3, -0.25) is 9.67 Å². The lowest BCUT2D eigenvalue weighted by atomic mass is 10.2. The Morgan fingerprint density at radius 3 is 2.84 bits per heavy atom. The van der Waals surface area contributed by atoms with E-state index in [9.17, 15) is 0 Å². The number of nitrogens with one attached hydrogen (secondary N) is 1. The summed E-state index contributed by atoms with van der Waals surface area (Å²) in [7, 11) is 1.87. The maximum atomic E-state index is 4.53. The smallest absolute Gasteiger partial charge is 0.227 e. The van der Waals surface area contributed by atoms with Gasteiger partial charge in [0.25, 0.3) is 0 Å². The number of thiazole rings is 1. The van der Waals surface area contributed by atoms with Crippen molar-refractivity contribution in [1.29, 1.82) is 0 Å². The van der Waals surface area contributed by atoms with Crippen LogP contribution in [0.25, 0.3) is 10.6 Å². The first-order chi connectivity index (χ1) is 9.22. The van der Waals surface area contributed by atoms with Gasteiger partial charge < -0.3 is 5.32 Å². The third-order valence-corrected chi connectivity index (χ3v) is 3.38. The van der Waals surface area contributed by atoms with Crippen LogP contribution in [-0.4, -0.2) is 24.7 Å². The Kier molecular flexibility index (Phi) is 2.96. The van der Waals surface area contributed by atoms with E-state index in [0.717, 1.165) is 21.8 Å². The first kappa shape index (κ1) is 11.8. The lowest BCUT2D eigenvalue weighted by Gasteiger charge is -2.05. The molecule has 0 aliphatic heterocycles. The molecular weight excluding hydrogens is 260 g/mol. The second-order valence-electron chi connectivity index (χ2n) is 4.12. The van der Waals surface area contributed by atoms with Crippen molar-refractivity contribution in [3.63, 3.8) is 0 Å². The van der Waals surface area contributed by atoms with Crippen LogP contribution < -0.4 is 5.32 Å². The van der Waals surface area contributed by atoms with Crippen LogP contribution in [0.1, 0.15) is 5.56 Å². The van der Waals surface area contributed by atoms with Crippen LogP contribution in [0.4, 0.5) is 11.6 Å². The molecule has 0 saturated heterocycles. The van der Waals surface area contributed by atoms with Gasteiger partial charge >= 0.3 is 0 Å². The minimum atomic E-state index is 0.557. The number of hydrogen-bond donors (Lipinski definition) is 1. The fourth-order valence-corrected chi connectivity index (χ4v) is 2.37. The summed E-state index contributed by atoms with van der Waals surface area (Å²) in [6.07, 6.45) is 7.22. The molecule has 6 nitrogen and oxygen atoms in total. The van der Waals surface area contributed by atoms with Gasteiger partial charge in [0, 0.05) is 25.6 Å². The summed E-state index contributed by atoms with van der Waals surface area (Å²) in [5.74, 6) is 0.557. The molecule has 0 spiro atoms. The highest BCUT2D eigenvalue weighted by atomic mass is 32.1. The third-order valence-electron chi connectivity index (χ3n) is 2.60. The Balaban J connectivity index is 1.93. The first-order valence-electron chi connectivity index (χ1n) is 5.70. The van der Waals surface area contributed by atoms with Crippen molar-refractivity contribution in [2.24, 2.45) is 7.05 Å². The summed E-state index contributed by atoms with van der Waals surface area (Å²) in [6.45, 7) is 1.99. The van der Waals surface area contributed by atoms with Gasteiger partial charge in [0.1, 0.15) is 0 Å². The molecule has 0 unspecified atom stereocenters. The molecule has 19 heavy (non-hydrogen) atoms. The van der Waals surface area contributed by atoms with Crippen LogP contribution in [0.15, 0.2) is 30.3 Å². The topological polar surface area (TPSA) is 68.5 Å². The Morgan fingerprint density at radius 1 is 1.26 bits per heavy atom. The Bertz CT molecular complexity index is 688. The Labute approximate surface area is 114 Å². The highest BCUT2D eigenvalue weighted by Crippen LogP contribution is 2.25. The van der Waals surface area contributed by atoms with Crippen LogP contribution in [-0.2, 0) is 7.05 Å². The standard InChI is InChI=1S/C12H12N6S/c1-8-3-14-12(16-9-4-15-18(2)6-9)17-11(8)10-5-13-7-19-10/h3-7H,1-2H3,(H,14,16,17). The van der Waals surface area contributed by atoms with E-state index >= 15 is 0 Å². The number of rotatable bonds is 3. The zero-order valence-electron chi connectivity index (χ0n) is 10.5. The molecule has 0 fully saturated rings. The van der Waals surface area contributed by atoms with E-state index in [4.69, 9.17) is 0 Å². The normalized spacial score (nSPS) is 10.6. The summed E-state index contributed by atoms with van der Waals surface area (Å²) in [4.78, 5) is 13.9. The zero-order valence-corrected chi connectivity index (χ0v) is 11.3. The van der Waals surface area contributed by atoms with Gasteiger partial charge in [-0.05, 0) is 12.5 Å². The molecule has 3 heterocycles. The number of anilines is 2. The van der Waals surface area contributed by atoms with Gasteiger partial charge in [-0.1, -0.05) is 0 Å². The van der Waals surface area contributed by atoms with E-state index in [1.165, 1.54) is 0 Å². The van der Waals surface area contributed by atoms with Crippen LogP contribution >= 0.6 is 11.3 Å². The fraction of sp³-hybridized carbons (Fsp3) is 0.167. The van der Waals surface area contributed by atoms with Gasteiger partial charge in [0.15, 0.2) is 0 Å². The second-order valence-corrected chi connectivity index (χ2v) is 5.00.